The van der Waals surface area contributed by atoms with Crippen molar-refractivity contribution in [1.82, 2.24) is 0 Å². The standard InChI is InChI=1S/C19H19Cl2NO3S/c1-3-25-18-7-4-13(12(2)23)8-14(18)10-26-11-19(24)22-17-9-15(20)5-6-16(17)21/h4-9H,3,10-11H2,1-2H3,(H,22,24). The van der Waals surface area contributed by atoms with Crippen molar-refractivity contribution in [1.29, 1.82) is 0 Å². The van der Waals surface area contributed by atoms with Crippen LogP contribution < -0.4 is 10.1 Å². The number of hydrogen-bond acceptors (Lipinski definition) is 4. The number of amides is 1. The highest BCUT2D eigenvalue weighted by Crippen LogP contribution is 2.27. The van der Waals surface area contributed by atoms with E-state index < -0.39 is 0 Å². The van der Waals surface area contributed by atoms with Gasteiger partial charge in [-0.25, -0.2) is 0 Å². The predicted octanol–water partition coefficient (Wildman–Crippen LogP) is 5.47. The number of carbonyl (C=O) groups excluding carboxylic acids is 2. The summed E-state index contributed by atoms with van der Waals surface area (Å²) in [5, 5.41) is 3.68. The fraction of sp³-hybridized carbons (Fsp3) is 0.263. The number of anilines is 1. The zero-order chi connectivity index (χ0) is 19.1. The summed E-state index contributed by atoms with van der Waals surface area (Å²) in [5.41, 5.74) is 2.00. The normalized spacial score (nSPS) is 10.5. The molecule has 4 nitrogen and oxygen atoms in total. The van der Waals surface area contributed by atoms with Crippen molar-refractivity contribution in [2.24, 2.45) is 0 Å². The Kier molecular flexibility index (Phi) is 7.82. The number of rotatable bonds is 8. The Morgan fingerprint density at radius 3 is 2.62 bits per heavy atom. The highest BCUT2D eigenvalue weighted by Gasteiger charge is 2.11. The summed E-state index contributed by atoms with van der Waals surface area (Å²) in [7, 11) is 0. The zero-order valence-corrected chi connectivity index (χ0v) is 16.8. The number of thioether (sulfide) groups is 1. The minimum absolute atomic E-state index is 0.00682. The van der Waals surface area contributed by atoms with E-state index in [1.165, 1.54) is 18.7 Å². The summed E-state index contributed by atoms with van der Waals surface area (Å²) < 4.78 is 5.60. The number of nitrogens with one attached hydrogen (secondary N) is 1. The van der Waals surface area contributed by atoms with Gasteiger partial charge in [0.05, 0.1) is 23.1 Å². The summed E-state index contributed by atoms with van der Waals surface area (Å²) in [4.78, 5) is 23.7. The first kappa shape index (κ1) is 20.6. The summed E-state index contributed by atoms with van der Waals surface area (Å²) in [6.07, 6.45) is 0. The molecule has 2 aromatic rings. The molecule has 0 aliphatic rings. The van der Waals surface area contributed by atoms with Crippen molar-refractivity contribution in [2.45, 2.75) is 19.6 Å². The third-order valence-electron chi connectivity index (χ3n) is 3.46. The largest absolute Gasteiger partial charge is 0.494 e. The molecular formula is C19H19Cl2NO3S. The second-order valence-electron chi connectivity index (χ2n) is 5.48. The molecule has 0 bridgehead atoms. The van der Waals surface area contributed by atoms with Gasteiger partial charge in [0.15, 0.2) is 5.78 Å². The van der Waals surface area contributed by atoms with E-state index >= 15 is 0 Å². The van der Waals surface area contributed by atoms with Crippen LogP contribution in [0.2, 0.25) is 10.0 Å². The zero-order valence-electron chi connectivity index (χ0n) is 14.5. The van der Waals surface area contributed by atoms with Crippen molar-refractivity contribution in [3.8, 4) is 5.75 Å². The maximum atomic E-state index is 12.1. The molecular weight excluding hydrogens is 393 g/mol. The molecule has 0 atom stereocenters. The highest BCUT2D eigenvalue weighted by atomic mass is 35.5. The SMILES string of the molecule is CCOc1ccc(C(C)=O)cc1CSCC(=O)Nc1cc(Cl)ccc1Cl. The third kappa shape index (κ3) is 5.94. The lowest BCUT2D eigenvalue weighted by Gasteiger charge is -2.12. The van der Waals surface area contributed by atoms with Crippen LogP contribution in [0.25, 0.3) is 0 Å². The molecule has 7 heteroatoms. The molecule has 0 saturated heterocycles. The number of Topliss-reactive ketones (excluding diaryl/α,β-unsaturated/α-hetero) is 1. The summed E-state index contributed by atoms with van der Waals surface area (Å²) >= 11 is 13.4. The lowest BCUT2D eigenvalue weighted by Crippen LogP contribution is -2.14. The topological polar surface area (TPSA) is 55.4 Å². The van der Waals surface area contributed by atoms with Crippen molar-refractivity contribution in [3.63, 3.8) is 0 Å². The van der Waals surface area contributed by atoms with Crippen LogP contribution in [0.4, 0.5) is 5.69 Å². The van der Waals surface area contributed by atoms with E-state index in [1.54, 1.807) is 30.3 Å². The Morgan fingerprint density at radius 2 is 1.92 bits per heavy atom. The van der Waals surface area contributed by atoms with Gasteiger partial charge in [0.1, 0.15) is 5.75 Å². The molecule has 0 saturated carbocycles. The second kappa shape index (κ2) is 9.86. The van der Waals surface area contributed by atoms with Gasteiger partial charge in [0.25, 0.3) is 0 Å². The van der Waals surface area contributed by atoms with Gasteiger partial charge in [0.2, 0.25) is 5.91 Å². The molecule has 138 valence electrons. The van der Waals surface area contributed by atoms with Gasteiger partial charge in [-0.15, -0.1) is 11.8 Å². The first-order valence-electron chi connectivity index (χ1n) is 8.00. The fourth-order valence-electron chi connectivity index (χ4n) is 2.24. The van der Waals surface area contributed by atoms with Crippen LogP contribution in [0.15, 0.2) is 36.4 Å². The van der Waals surface area contributed by atoms with Gasteiger partial charge >= 0.3 is 0 Å². The molecule has 1 amide bonds. The Balaban J connectivity index is 1.98. The average molecular weight is 412 g/mol. The molecule has 2 aromatic carbocycles. The van der Waals surface area contributed by atoms with Crippen molar-refractivity contribution in [2.75, 3.05) is 17.7 Å². The Bertz CT molecular complexity index is 811. The third-order valence-corrected chi connectivity index (χ3v) is 5.01. The van der Waals surface area contributed by atoms with Crippen LogP contribution in [0.5, 0.6) is 5.75 Å². The number of halogens is 2. The second-order valence-corrected chi connectivity index (χ2v) is 7.31. The number of carbonyl (C=O) groups is 2. The molecule has 0 fully saturated rings. The monoisotopic (exact) mass is 411 g/mol. The highest BCUT2D eigenvalue weighted by molar-refractivity contribution is 7.99. The minimum atomic E-state index is -0.181. The maximum Gasteiger partial charge on any atom is 0.234 e. The molecule has 0 aliphatic heterocycles. The van der Waals surface area contributed by atoms with E-state index in [2.05, 4.69) is 5.32 Å². The summed E-state index contributed by atoms with van der Waals surface area (Å²) in [6.45, 7) is 3.96. The number of ketones is 1. The predicted molar refractivity (Wildman–Crippen MR) is 109 cm³/mol. The van der Waals surface area contributed by atoms with Gasteiger partial charge < -0.3 is 10.1 Å². The van der Waals surface area contributed by atoms with Gasteiger partial charge in [-0.3, -0.25) is 9.59 Å². The first-order valence-corrected chi connectivity index (χ1v) is 9.91. The molecule has 0 aliphatic carbocycles. The average Bonchev–Trinajstić information content (AvgIpc) is 2.59. The van der Waals surface area contributed by atoms with Crippen LogP contribution in [-0.4, -0.2) is 24.1 Å². The number of hydrogen-bond donors (Lipinski definition) is 1. The van der Waals surface area contributed by atoms with Crippen molar-refractivity contribution < 1.29 is 14.3 Å². The Labute approximate surface area is 167 Å². The van der Waals surface area contributed by atoms with E-state index in [9.17, 15) is 9.59 Å². The molecule has 0 spiro atoms. The van der Waals surface area contributed by atoms with E-state index in [0.29, 0.717) is 33.7 Å². The molecule has 1 N–H and O–H groups in total. The first-order chi connectivity index (χ1) is 12.4. The van der Waals surface area contributed by atoms with Crippen LogP contribution >= 0.6 is 35.0 Å². The van der Waals surface area contributed by atoms with E-state index in [0.717, 1.165) is 11.3 Å². The quantitative estimate of drug-likeness (QED) is 0.585. The van der Waals surface area contributed by atoms with Crippen LogP contribution in [0, 0.1) is 0 Å². The van der Waals surface area contributed by atoms with Gasteiger partial charge in [-0.05, 0) is 50.2 Å². The lowest BCUT2D eigenvalue weighted by atomic mass is 10.1. The van der Waals surface area contributed by atoms with E-state index in [4.69, 9.17) is 27.9 Å². The van der Waals surface area contributed by atoms with Crippen LogP contribution in [-0.2, 0) is 10.5 Å². The molecule has 26 heavy (non-hydrogen) atoms. The molecule has 0 aromatic heterocycles. The van der Waals surface area contributed by atoms with Crippen molar-refractivity contribution in [3.05, 3.63) is 57.6 Å². The summed E-state index contributed by atoms with van der Waals surface area (Å²) in [5.74, 6) is 1.32. The lowest BCUT2D eigenvalue weighted by molar-refractivity contribution is -0.113. The number of benzene rings is 2. The van der Waals surface area contributed by atoms with Crippen LogP contribution in [0.3, 0.4) is 0 Å². The Hall–Kier alpha value is -1.69. The minimum Gasteiger partial charge on any atom is -0.494 e. The van der Waals surface area contributed by atoms with E-state index in [-0.39, 0.29) is 17.4 Å². The molecule has 0 unspecified atom stereocenters. The van der Waals surface area contributed by atoms with Gasteiger partial charge in [-0.2, -0.15) is 0 Å². The smallest absolute Gasteiger partial charge is 0.234 e. The van der Waals surface area contributed by atoms with Crippen LogP contribution in [0.1, 0.15) is 29.8 Å². The fourth-order valence-corrected chi connectivity index (χ4v) is 3.38. The Morgan fingerprint density at radius 1 is 1.15 bits per heavy atom. The van der Waals surface area contributed by atoms with Crippen molar-refractivity contribution >= 4 is 52.3 Å². The number of ether oxygens (including phenoxy) is 1. The molecule has 0 radical (unpaired) electrons. The maximum absolute atomic E-state index is 12.1. The van der Waals surface area contributed by atoms with Gasteiger partial charge in [0, 0.05) is 21.9 Å². The molecule has 2 rings (SSSR count). The summed E-state index contributed by atoms with van der Waals surface area (Å²) in [6, 6.07) is 10.2. The molecule has 0 heterocycles. The van der Waals surface area contributed by atoms with Gasteiger partial charge in [-0.1, -0.05) is 23.2 Å². The van der Waals surface area contributed by atoms with E-state index in [1.807, 2.05) is 13.0 Å².